The van der Waals surface area contributed by atoms with Gasteiger partial charge in [-0.3, -0.25) is 0 Å². The van der Waals surface area contributed by atoms with Gasteiger partial charge in [0.25, 0.3) is 0 Å². The Hall–Kier alpha value is -1.12. The minimum atomic E-state index is -0.334. The first-order valence-corrected chi connectivity index (χ1v) is 15.1. The Morgan fingerprint density at radius 2 is 1.58 bits per heavy atom. The minimum absolute atomic E-state index is 0.0181. The largest absolute Gasteiger partial charge is 0.393 e. The molecule has 0 aromatic heterocycles. The molecule has 0 amide bonds. The molecule has 2 nitrogen and oxygen atoms in total. The Morgan fingerprint density at radius 3 is 2.31 bits per heavy atom. The summed E-state index contributed by atoms with van der Waals surface area (Å²) in [5.41, 5.74) is 5.73. The second kappa shape index (κ2) is 9.26. The van der Waals surface area contributed by atoms with Crippen molar-refractivity contribution in [1.82, 2.24) is 0 Å². The van der Waals surface area contributed by atoms with Crippen LogP contribution >= 0.6 is 0 Å². The second-order valence-electron chi connectivity index (χ2n) is 14.6. The Kier molecular flexibility index (Phi) is 6.82. The molecular formula is C34H52O2. The Morgan fingerprint density at radius 1 is 0.861 bits per heavy atom. The molecule has 2 saturated carbocycles. The summed E-state index contributed by atoms with van der Waals surface area (Å²) in [5, 5.41) is 21.5. The summed E-state index contributed by atoms with van der Waals surface area (Å²) < 4.78 is 0. The van der Waals surface area contributed by atoms with Crippen molar-refractivity contribution in [2.75, 3.05) is 0 Å². The van der Waals surface area contributed by atoms with Crippen LogP contribution < -0.4 is 0 Å². The zero-order chi connectivity index (χ0) is 25.9. The van der Waals surface area contributed by atoms with E-state index in [1.54, 1.807) is 0 Å². The van der Waals surface area contributed by atoms with Gasteiger partial charge in [-0.05, 0) is 103 Å². The molecule has 1 aromatic carbocycles. The first kappa shape index (κ1) is 26.5. The second-order valence-corrected chi connectivity index (χ2v) is 14.6. The zero-order valence-electron chi connectivity index (χ0n) is 23.9. The lowest BCUT2D eigenvalue weighted by molar-refractivity contribution is -0.0962. The summed E-state index contributed by atoms with van der Waals surface area (Å²) in [6.45, 7) is 15.0. The van der Waals surface area contributed by atoms with Crippen LogP contribution in [0.5, 0.6) is 0 Å². The smallest absolute Gasteiger partial charge is 0.0790 e. The van der Waals surface area contributed by atoms with E-state index in [-0.39, 0.29) is 23.0 Å². The minimum Gasteiger partial charge on any atom is -0.393 e. The van der Waals surface area contributed by atoms with E-state index in [4.69, 9.17) is 0 Å². The summed E-state index contributed by atoms with van der Waals surface area (Å²) >= 11 is 0. The van der Waals surface area contributed by atoms with Crippen molar-refractivity contribution < 1.29 is 10.2 Å². The van der Waals surface area contributed by atoms with E-state index in [0.717, 1.165) is 37.2 Å². The van der Waals surface area contributed by atoms with E-state index in [1.165, 1.54) is 44.9 Å². The third kappa shape index (κ3) is 3.87. The van der Waals surface area contributed by atoms with Crippen molar-refractivity contribution in [3.63, 3.8) is 0 Å². The van der Waals surface area contributed by atoms with Gasteiger partial charge in [-0.1, -0.05) is 95.9 Å². The quantitative estimate of drug-likeness (QED) is 0.390. The molecule has 0 heterocycles. The lowest BCUT2D eigenvalue weighted by atomic mass is 9.43. The fraction of sp³-hybridized carbons (Fsp3) is 0.765. The van der Waals surface area contributed by atoms with Crippen molar-refractivity contribution in [1.29, 1.82) is 0 Å². The molecule has 2 heteroatoms. The van der Waals surface area contributed by atoms with Crippen LogP contribution in [0, 0.1) is 39.4 Å². The highest BCUT2D eigenvalue weighted by molar-refractivity contribution is 5.38. The molecule has 4 aliphatic rings. The standard InChI is InChI=1S/C34H52O2/c1-23(11-10-14-28(35)24-12-8-7-9-13-24)25-17-21-34(6)27-15-16-29-31(2,3)30(36)19-20-32(29,4)26(27)18-22-33(25,34)5/h7-9,12-13,23,25,28-30,35-36H,10-11,14-22H2,1-6H3/t23-,25-,28-,29+,30+,32-,33-,34+/m1/s1. The Bertz CT molecular complexity index is 978. The van der Waals surface area contributed by atoms with Crippen LogP contribution in [0.1, 0.15) is 124 Å². The van der Waals surface area contributed by atoms with Crippen LogP contribution in [-0.4, -0.2) is 16.3 Å². The number of aliphatic hydroxyl groups excluding tert-OH is 2. The average Bonchev–Trinajstić information content (AvgIpc) is 3.13. The summed E-state index contributed by atoms with van der Waals surface area (Å²) in [4.78, 5) is 0. The van der Waals surface area contributed by atoms with Gasteiger partial charge >= 0.3 is 0 Å². The highest BCUT2D eigenvalue weighted by Gasteiger charge is 2.63. The molecule has 4 aliphatic carbocycles. The van der Waals surface area contributed by atoms with Gasteiger partial charge in [0.05, 0.1) is 12.2 Å². The number of hydrogen-bond donors (Lipinski definition) is 2. The maximum absolute atomic E-state index is 10.9. The fourth-order valence-corrected chi connectivity index (χ4v) is 10.3. The van der Waals surface area contributed by atoms with E-state index in [0.29, 0.717) is 22.7 Å². The van der Waals surface area contributed by atoms with Gasteiger partial charge in [0, 0.05) is 0 Å². The van der Waals surface area contributed by atoms with Gasteiger partial charge in [0.15, 0.2) is 0 Å². The van der Waals surface area contributed by atoms with Crippen molar-refractivity contribution in [2.24, 2.45) is 39.4 Å². The van der Waals surface area contributed by atoms with E-state index in [9.17, 15) is 10.2 Å². The number of rotatable bonds is 6. The van der Waals surface area contributed by atoms with Gasteiger partial charge in [-0.15, -0.1) is 0 Å². The van der Waals surface area contributed by atoms with Crippen LogP contribution in [-0.2, 0) is 0 Å². The molecule has 2 fully saturated rings. The van der Waals surface area contributed by atoms with Gasteiger partial charge in [0.2, 0.25) is 0 Å². The molecular weight excluding hydrogens is 440 g/mol. The summed E-state index contributed by atoms with van der Waals surface area (Å²) in [5.74, 6) is 2.09. The van der Waals surface area contributed by atoms with Gasteiger partial charge in [-0.2, -0.15) is 0 Å². The van der Waals surface area contributed by atoms with Crippen molar-refractivity contribution in [3.05, 3.63) is 47.0 Å². The lowest BCUT2D eigenvalue weighted by Crippen LogP contribution is -2.55. The fourth-order valence-electron chi connectivity index (χ4n) is 10.3. The highest BCUT2D eigenvalue weighted by Crippen LogP contribution is 2.72. The molecule has 5 rings (SSSR count). The van der Waals surface area contributed by atoms with Gasteiger partial charge in [0.1, 0.15) is 0 Å². The SMILES string of the molecule is C[C@H](CCC[C@@H](O)c1ccccc1)[C@H]1CC[C@@]2(C)C3=C(CC[C@]12C)[C@@]1(C)CC[C@H](O)C(C)(C)[C@@H]1CC3. The lowest BCUT2D eigenvalue weighted by Gasteiger charge is -2.62. The molecule has 0 bridgehead atoms. The maximum atomic E-state index is 10.9. The van der Waals surface area contributed by atoms with Crippen LogP contribution in [0.4, 0.5) is 0 Å². The van der Waals surface area contributed by atoms with Crippen LogP contribution in [0.25, 0.3) is 0 Å². The van der Waals surface area contributed by atoms with Crippen LogP contribution in [0.15, 0.2) is 41.5 Å². The third-order valence-electron chi connectivity index (χ3n) is 12.8. The first-order chi connectivity index (χ1) is 16.9. The number of hydrogen-bond acceptors (Lipinski definition) is 2. The van der Waals surface area contributed by atoms with Crippen molar-refractivity contribution >= 4 is 0 Å². The molecule has 0 radical (unpaired) electrons. The molecule has 2 N–H and O–H groups in total. The molecule has 0 saturated heterocycles. The maximum Gasteiger partial charge on any atom is 0.0790 e. The molecule has 0 unspecified atom stereocenters. The predicted molar refractivity (Wildman–Crippen MR) is 149 cm³/mol. The first-order valence-electron chi connectivity index (χ1n) is 15.1. The van der Waals surface area contributed by atoms with Gasteiger partial charge in [-0.25, -0.2) is 0 Å². The average molecular weight is 493 g/mol. The van der Waals surface area contributed by atoms with E-state index >= 15 is 0 Å². The molecule has 36 heavy (non-hydrogen) atoms. The highest BCUT2D eigenvalue weighted by atomic mass is 16.3. The Balaban J connectivity index is 1.32. The normalized spacial score (nSPS) is 41.3. The monoisotopic (exact) mass is 492 g/mol. The summed E-state index contributed by atoms with van der Waals surface area (Å²) in [6, 6.07) is 10.2. The predicted octanol–water partition coefficient (Wildman–Crippen LogP) is 8.64. The van der Waals surface area contributed by atoms with E-state index in [1.807, 2.05) is 41.5 Å². The van der Waals surface area contributed by atoms with Crippen molar-refractivity contribution in [3.8, 4) is 0 Å². The molecule has 1 aromatic rings. The van der Waals surface area contributed by atoms with Gasteiger partial charge < -0.3 is 10.2 Å². The van der Waals surface area contributed by atoms with E-state index in [2.05, 4.69) is 41.5 Å². The number of benzene rings is 1. The van der Waals surface area contributed by atoms with Crippen LogP contribution in [0.3, 0.4) is 0 Å². The van der Waals surface area contributed by atoms with Crippen molar-refractivity contribution in [2.45, 2.75) is 124 Å². The Labute approximate surface area is 221 Å². The molecule has 8 atom stereocenters. The number of aliphatic hydroxyl groups is 2. The summed E-state index contributed by atoms with van der Waals surface area (Å²) in [7, 11) is 0. The number of allylic oxidation sites excluding steroid dienone is 2. The third-order valence-corrected chi connectivity index (χ3v) is 12.8. The zero-order valence-corrected chi connectivity index (χ0v) is 23.9. The molecule has 200 valence electrons. The molecule has 0 aliphatic heterocycles. The molecule has 0 spiro atoms. The summed E-state index contributed by atoms with van der Waals surface area (Å²) in [6.07, 6.45) is 12.6. The number of fused-ring (bicyclic) bond motifs is 4. The topological polar surface area (TPSA) is 40.5 Å². The van der Waals surface area contributed by atoms with E-state index < -0.39 is 0 Å². The van der Waals surface area contributed by atoms with Crippen LogP contribution in [0.2, 0.25) is 0 Å².